The molecule has 0 spiro atoms. The Morgan fingerprint density at radius 1 is 0.737 bits per heavy atom. The molecule has 328 valence electrons. The second kappa shape index (κ2) is 27.4. The maximum Gasteiger partial charge on any atom is 0.345 e. The van der Waals surface area contributed by atoms with Crippen molar-refractivity contribution in [2.24, 2.45) is 29.6 Å². The van der Waals surface area contributed by atoms with Crippen LogP contribution in [0, 0.1) is 50.4 Å². The number of hydrogen-bond donors (Lipinski definition) is 3. The quantitative estimate of drug-likeness (QED) is 0.0307. The first-order chi connectivity index (χ1) is 27.2. The molecule has 1 heterocycles. The Hall–Kier alpha value is -2.38. The predicted octanol–water partition coefficient (Wildman–Crippen LogP) is 12.8. The van der Waals surface area contributed by atoms with Crippen molar-refractivity contribution in [3.63, 3.8) is 0 Å². The van der Waals surface area contributed by atoms with E-state index in [-0.39, 0.29) is 11.7 Å². The third-order valence-corrected chi connectivity index (χ3v) is 13.1. The highest BCUT2D eigenvalue weighted by molar-refractivity contribution is 5.89. The van der Waals surface area contributed by atoms with Crippen molar-refractivity contribution in [2.45, 2.75) is 222 Å². The molecule has 0 amide bonds. The number of esters is 2. The van der Waals surface area contributed by atoms with Gasteiger partial charge >= 0.3 is 11.9 Å². The number of phenolic OH excluding ortho intramolecular Hbond substituents is 1. The third kappa shape index (κ3) is 17.8. The fourth-order valence-corrected chi connectivity index (χ4v) is 8.94. The first-order valence-corrected chi connectivity index (χ1v) is 23.4. The minimum absolute atomic E-state index is 0.252. The molecular formula is C50H86O7. The second-order valence-corrected chi connectivity index (χ2v) is 18.7. The molecule has 0 bridgehead atoms. The van der Waals surface area contributed by atoms with E-state index in [1.165, 1.54) is 77.0 Å². The van der Waals surface area contributed by atoms with Gasteiger partial charge < -0.3 is 24.8 Å². The number of ether oxygens (including phenoxy) is 2. The summed E-state index contributed by atoms with van der Waals surface area (Å²) >= 11 is 0. The number of hydrogen-bond acceptors (Lipinski definition) is 7. The third-order valence-electron chi connectivity index (χ3n) is 13.1. The van der Waals surface area contributed by atoms with Crippen LogP contribution in [-0.2, 0) is 20.7 Å². The van der Waals surface area contributed by atoms with Crippen LogP contribution >= 0.6 is 0 Å². The van der Waals surface area contributed by atoms with Crippen LogP contribution in [0.4, 0.5) is 0 Å². The zero-order valence-electron chi connectivity index (χ0n) is 38.1. The molecule has 6 atom stereocenters. The summed E-state index contributed by atoms with van der Waals surface area (Å²) in [6.45, 7) is 18.7. The highest BCUT2D eigenvalue weighted by Crippen LogP contribution is 2.50. The number of allylic oxidation sites excluding steroid dienone is 2. The highest BCUT2D eigenvalue weighted by atomic mass is 16.6. The largest absolute Gasteiger partial charge is 0.507 e. The van der Waals surface area contributed by atoms with Crippen molar-refractivity contribution in [3.05, 3.63) is 34.4 Å². The molecule has 1 aliphatic heterocycles. The van der Waals surface area contributed by atoms with Crippen molar-refractivity contribution in [1.82, 2.24) is 0 Å². The lowest BCUT2D eigenvalue weighted by Crippen LogP contribution is -2.51. The van der Waals surface area contributed by atoms with E-state index >= 15 is 0 Å². The molecule has 1 aromatic carbocycles. The smallest absolute Gasteiger partial charge is 0.345 e. The molecule has 0 aliphatic carbocycles. The van der Waals surface area contributed by atoms with E-state index in [1.54, 1.807) is 0 Å². The number of carbonyl (C=O) groups is 2. The summed E-state index contributed by atoms with van der Waals surface area (Å²) in [4.78, 5) is 26.7. The monoisotopic (exact) mass is 799 g/mol. The Morgan fingerprint density at radius 2 is 1.28 bits per heavy atom. The van der Waals surface area contributed by atoms with Crippen molar-refractivity contribution in [1.29, 1.82) is 0 Å². The van der Waals surface area contributed by atoms with Gasteiger partial charge in [0.05, 0.1) is 12.5 Å². The van der Waals surface area contributed by atoms with Gasteiger partial charge in [-0.3, -0.25) is 4.79 Å². The van der Waals surface area contributed by atoms with Gasteiger partial charge in [0, 0.05) is 11.5 Å². The van der Waals surface area contributed by atoms with Gasteiger partial charge in [-0.2, -0.15) is 0 Å². The van der Waals surface area contributed by atoms with Crippen LogP contribution in [0.2, 0.25) is 0 Å². The first kappa shape index (κ1) is 50.8. The van der Waals surface area contributed by atoms with E-state index in [4.69, 9.17) is 9.47 Å². The molecule has 0 saturated heterocycles. The minimum Gasteiger partial charge on any atom is -0.507 e. The number of fused-ring (bicyclic) bond motifs is 1. The standard InChI is InChI=1S/C50H86O7/c1-10-11-12-13-14-15-16-17-18-19-20-21-22-23-32-42(48(54)56-49(55)45(52)35-51)44-34-43-41(8)46(53)39(6)40(7)47(43)57-50(44,9)33-26-31-38(5)30-25-29-37(4)28-24-27-36(2)3/h17-18,36-38,42,44-45,51-53H,10-16,19-35H2,1-9H3/b18-17-/t37-,38+,42?,44?,45?,50-/m0/s1. The molecule has 2 rings (SSSR count). The number of phenols is 1. The van der Waals surface area contributed by atoms with Gasteiger partial charge in [-0.1, -0.05) is 143 Å². The molecule has 57 heavy (non-hydrogen) atoms. The Labute approximate surface area is 349 Å². The van der Waals surface area contributed by atoms with Crippen LogP contribution in [0.3, 0.4) is 0 Å². The average molecular weight is 799 g/mol. The predicted molar refractivity (Wildman–Crippen MR) is 236 cm³/mol. The molecule has 0 aromatic heterocycles. The topological polar surface area (TPSA) is 113 Å². The number of aromatic hydroxyl groups is 1. The van der Waals surface area contributed by atoms with Crippen molar-refractivity contribution >= 4 is 11.9 Å². The van der Waals surface area contributed by atoms with Crippen molar-refractivity contribution < 1.29 is 34.4 Å². The van der Waals surface area contributed by atoms with Gasteiger partial charge in [-0.05, 0) is 114 Å². The van der Waals surface area contributed by atoms with E-state index in [1.807, 2.05) is 20.8 Å². The van der Waals surface area contributed by atoms with E-state index < -0.39 is 36.2 Å². The summed E-state index contributed by atoms with van der Waals surface area (Å²) in [5, 5.41) is 30.5. The van der Waals surface area contributed by atoms with E-state index in [0.29, 0.717) is 18.8 Å². The molecule has 1 aromatic rings. The Morgan fingerprint density at radius 3 is 1.86 bits per heavy atom. The fraction of sp³-hybridized carbons (Fsp3) is 0.800. The van der Waals surface area contributed by atoms with Crippen LogP contribution in [0.1, 0.15) is 205 Å². The lowest BCUT2D eigenvalue weighted by Gasteiger charge is -2.46. The number of aliphatic hydroxyl groups is 2. The number of rotatable bonds is 30. The SMILES string of the molecule is CCCCCCCC/C=C\CCCCCCC(C(=O)OC(=O)C(O)CO)C1Cc2c(C)c(O)c(C)c(C)c2O[C@@]1(C)CCC[C@H](C)CCC[C@@H](C)CCCC(C)C. The van der Waals surface area contributed by atoms with Gasteiger partial charge in [-0.25, -0.2) is 4.79 Å². The van der Waals surface area contributed by atoms with Gasteiger partial charge in [0.15, 0.2) is 6.10 Å². The van der Waals surface area contributed by atoms with Crippen LogP contribution in [0.15, 0.2) is 12.2 Å². The summed E-state index contributed by atoms with van der Waals surface area (Å²) in [5.74, 6) is 0.395. The summed E-state index contributed by atoms with van der Waals surface area (Å²) in [6.07, 6.45) is 28.3. The van der Waals surface area contributed by atoms with E-state index in [0.717, 1.165) is 97.6 Å². The Bertz CT molecular complexity index is 1330. The van der Waals surface area contributed by atoms with Crippen LogP contribution in [0.25, 0.3) is 0 Å². The molecule has 0 saturated carbocycles. The number of benzene rings is 1. The number of carbonyl (C=O) groups excluding carboxylic acids is 2. The summed E-state index contributed by atoms with van der Waals surface area (Å²) in [7, 11) is 0. The lowest BCUT2D eigenvalue weighted by molar-refractivity contribution is -0.173. The number of unbranched alkanes of at least 4 members (excludes halogenated alkanes) is 10. The van der Waals surface area contributed by atoms with Crippen LogP contribution in [-0.4, -0.2) is 45.6 Å². The van der Waals surface area contributed by atoms with Crippen LogP contribution < -0.4 is 4.74 Å². The second-order valence-electron chi connectivity index (χ2n) is 18.7. The van der Waals surface area contributed by atoms with E-state index in [9.17, 15) is 24.9 Å². The molecule has 7 nitrogen and oxygen atoms in total. The van der Waals surface area contributed by atoms with Gasteiger partial charge in [0.2, 0.25) is 0 Å². The Kier molecular flexibility index (Phi) is 24.4. The molecule has 1 aliphatic rings. The molecule has 0 fully saturated rings. The molecule has 0 radical (unpaired) electrons. The molecule has 7 heteroatoms. The first-order valence-electron chi connectivity index (χ1n) is 23.4. The van der Waals surface area contributed by atoms with Gasteiger partial charge in [0.25, 0.3) is 0 Å². The fourth-order valence-electron chi connectivity index (χ4n) is 8.94. The zero-order valence-corrected chi connectivity index (χ0v) is 38.1. The van der Waals surface area contributed by atoms with Crippen molar-refractivity contribution in [2.75, 3.05) is 6.61 Å². The molecule has 3 N–H and O–H groups in total. The average Bonchev–Trinajstić information content (AvgIpc) is 3.17. The summed E-state index contributed by atoms with van der Waals surface area (Å²) in [6, 6.07) is 0. The van der Waals surface area contributed by atoms with Crippen LogP contribution in [0.5, 0.6) is 11.5 Å². The lowest BCUT2D eigenvalue weighted by atomic mass is 9.68. The highest BCUT2D eigenvalue weighted by Gasteiger charge is 2.49. The maximum atomic E-state index is 14.0. The Balaban J connectivity index is 2.18. The number of aliphatic hydroxyl groups excluding tert-OH is 2. The molecule has 3 unspecified atom stereocenters. The van der Waals surface area contributed by atoms with Gasteiger partial charge in [0.1, 0.15) is 17.1 Å². The summed E-state index contributed by atoms with van der Waals surface area (Å²) in [5.41, 5.74) is 2.66. The summed E-state index contributed by atoms with van der Waals surface area (Å²) < 4.78 is 12.4. The minimum atomic E-state index is -1.77. The molecular weight excluding hydrogens is 713 g/mol. The normalized spacial score (nSPS) is 19.0. The van der Waals surface area contributed by atoms with E-state index in [2.05, 4.69) is 53.7 Å². The van der Waals surface area contributed by atoms with Crippen molar-refractivity contribution in [3.8, 4) is 11.5 Å². The zero-order chi connectivity index (χ0) is 42.4. The maximum absolute atomic E-state index is 14.0. The van der Waals surface area contributed by atoms with Gasteiger partial charge in [-0.15, -0.1) is 0 Å².